The summed E-state index contributed by atoms with van der Waals surface area (Å²) in [5.41, 5.74) is 5.37. The second-order valence-electron chi connectivity index (χ2n) is 18.5. The average Bonchev–Trinajstić information content (AvgIpc) is 3.26. The van der Waals surface area contributed by atoms with Gasteiger partial charge >= 0.3 is 19.8 Å². The Hall–Kier alpha value is -0.990. The van der Waals surface area contributed by atoms with Crippen LogP contribution in [0.4, 0.5) is 0 Å². The maximum Gasteiger partial charge on any atom is 0.472 e. The molecular formula is C52H104NO8P. The topological polar surface area (TPSA) is 134 Å². The molecule has 0 fully saturated rings. The molecule has 0 saturated heterocycles. The van der Waals surface area contributed by atoms with Gasteiger partial charge < -0.3 is 20.1 Å². The minimum atomic E-state index is -4.38. The predicted octanol–water partition coefficient (Wildman–Crippen LogP) is 16.3. The summed E-state index contributed by atoms with van der Waals surface area (Å²) in [6.45, 7) is 3.81. The van der Waals surface area contributed by atoms with Gasteiger partial charge in [0.1, 0.15) is 6.61 Å². The maximum absolute atomic E-state index is 12.7. The minimum Gasteiger partial charge on any atom is -0.462 e. The van der Waals surface area contributed by atoms with Gasteiger partial charge in [-0.3, -0.25) is 18.6 Å². The lowest BCUT2D eigenvalue weighted by molar-refractivity contribution is -0.161. The Bertz CT molecular complexity index is 984. The van der Waals surface area contributed by atoms with Crippen molar-refractivity contribution in [3.05, 3.63) is 0 Å². The number of esters is 2. The Morgan fingerprint density at radius 1 is 0.419 bits per heavy atom. The monoisotopic (exact) mass is 902 g/mol. The third-order valence-electron chi connectivity index (χ3n) is 12.2. The van der Waals surface area contributed by atoms with Crippen molar-refractivity contribution in [1.29, 1.82) is 0 Å². The number of unbranched alkanes of at least 4 members (excludes halogenated alkanes) is 39. The number of phosphoric ester groups is 1. The fraction of sp³-hybridized carbons (Fsp3) is 0.962. The molecule has 9 nitrogen and oxygen atoms in total. The molecule has 0 aliphatic rings. The first-order chi connectivity index (χ1) is 30.3. The molecule has 0 amide bonds. The molecule has 0 saturated carbocycles. The van der Waals surface area contributed by atoms with Crippen LogP contribution in [0.3, 0.4) is 0 Å². The lowest BCUT2D eigenvalue weighted by Gasteiger charge is -2.19. The summed E-state index contributed by atoms with van der Waals surface area (Å²) in [6, 6.07) is 0. The number of nitrogens with two attached hydrogens (primary N) is 1. The molecule has 0 aliphatic carbocycles. The highest BCUT2D eigenvalue weighted by Gasteiger charge is 2.26. The number of hydrogen-bond acceptors (Lipinski definition) is 8. The van der Waals surface area contributed by atoms with Crippen LogP contribution in [-0.2, 0) is 32.7 Å². The van der Waals surface area contributed by atoms with Crippen LogP contribution in [0.2, 0.25) is 0 Å². The summed E-state index contributed by atoms with van der Waals surface area (Å²) in [5, 5.41) is 0. The molecule has 0 rings (SSSR count). The fourth-order valence-electron chi connectivity index (χ4n) is 8.23. The van der Waals surface area contributed by atoms with Gasteiger partial charge in [0.2, 0.25) is 0 Å². The number of carbonyl (C=O) groups excluding carboxylic acids is 2. The average molecular weight is 902 g/mol. The smallest absolute Gasteiger partial charge is 0.462 e. The van der Waals surface area contributed by atoms with Crippen molar-refractivity contribution >= 4 is 19.8 Å². The lowest BCUT2D eigenvalue weighted by Crippen LogP contribution is -2.29. The van der Waals surface area contributed by atoms with Crippen LogP contribution in [0.1, 0.15) is 290 Å². The van der Waals surface area contributed by atoms with Crippen molar-refractivity contribution in [1.82, 2.24) is 0 Å². The standard InChI is InChI=1S/C52H104NO8P/c1-3-5-7-9-11-13-15-17-19-21-23-24-25-26-27-29-30-32-34-36-38-40-42-44-51(54)58-48-50(49-60-62(56,57)59-47-46-53)61-52(55)45-43-41-39-37-35-33-31-28-22-20-18-16-14-12-10-8-6-4-2/h50H,3-49,53H2,1-2H3,(H,56,57)/t50-/m0/s1. The van der Waals surface area contributed by atoms with Crippen LogP contribution in [0.15, 0.2) is 0 Å². The molecule has 0 aromatic rings. The summed E-state index contributed by atoms with van der Waals surface area (Å²) in [6.07, 6.45) is 52.9. The first-order valence-corrected chi connectivity index (χ1v) is 28.5. The molecule has 0 bridgehead atoms. The van der Waals surface area contributed by atoms with Crippen LogP contribution >= 0.6 is 7.82 Å². The van der Waals surface area contributed by atoms with Crippen LogP contribution in [0, 0.1) is 0 Å². The van der Waals surface area contributed by atoms with E-state index in [4.69, 9.17) is 24.3 Å². The summed E-state index contributed by atoms with van der Waals surface area (Å²) in [7, 11) is -4.38. The molecule has 10 heteroatoms. The van der Waals surface area contributed by atoms with Crippen LogP contribution < -0.4 is 5.73 Å². The molecule has 0 heterocycles. The van der Waals surface area contributed by atoms with Crippen molar-refractivity contribution in [2.45, 2.75) is 296 Å². The molecule has 1 unspecified atom stereocenters. The largest absolute Gasteiger partial charge is 0.472 e. The molecule has 0 aromatic heterocycles. The zero-order chi connectivity index (χ0) is 45.3. The Morgan fingerprint density at radius 3 is 0.984 bits per heavy atom. The molecule has 62 heavy (non-hydrogen) atoms. The third-order valence-corrected chi connectivity index (χ3v) is 13.2. The summed E-state index contributed by atoms with van der Waals surface area (Å²) >= 11 is 0. The van der Waals surface area contributed by atoms with Gasteiger partial charge in [0.15, 0.2) is 6.10 Å². The van der Waals surface area contributed by atoms with E-state index in [9.17, 15) is 19.0 Å². The first kappa shape index (κ1) is 61.0. The van der Waals surface area contributed by atoms with Crippen molar-refractivity contribution < 1.29 is 37.6 Å². The second kappa shape index (κ2) is 49.4. The Balaban J connectivity index is 3.94. The van der Waals surface area contributed by atoms with Gasteiger partial charge in [-0.2, -0.15) is 0 Å². The number of rotatable bonds is 52. The van der Waals surface area contributed by atoms with E-state index in [-0.39, 0.29) is 38.6 Å². The van der Waals surface area contributed by atoms with Crippen LogP contribution in [0.25, 0.3) is 0 Å². The molecule has 2 atom stereocenters. The summed E-state index contributed by atoms with van der Waals surface area (Å²) < 4.78 is 33.0. The van der Waals surface area contributed by atoms with E-state index in [1.54, 1.807) is 0 Å². The molecule has 3 N–H and O–H groups in total. The minimum absolute atomic E-state index is 0.0585. The Morgan fingerprint density at radius 2 is 0.694 bits per heavy atom. The van der Waals surface area contributed by atoms with E-state index in [1.807, 2.05) is 0 Å². The molecule has 0 aliphatic heterocycles. The van der Waals surface area contributed by atoms with Gasteiger partial charge in [0.05, 0.1) is 13.2 Å². The van der Waals surface area contributed by atoms with Crippen molar-refractivity contribution in [2.24, 2.45) is 5.73 Å². The van der Waals surface area contributed by atoms with Gasteiger partial charge in [-0.15, -0.1) is 0 Å². The zero-order valence-electron chi connectivity index (χ0n) is 41.1. The zero-order valence-corrected chi connectivity index (χ0v) is 42.0. The van der Waals surface area contributed by atoms with Gasteiger partial charge in [-0.25, -0.2) is 4.57 Å². The molecule has 0 spiro atoms. The Kier molecular flexibility index (Phi) is 48.7. The van der Waals surface area contributed by atoms with E-state index in [2.05, 4.69) is 13.8 Å². The van der Waals surface area contributed by atoms with Crippen LogP contribution in [-0.4, -0.2) is 49.3 Å². The van der Waals surface area contributed by atoms with Gasteiger partial charge in [-0.05, 0) is 12.8 Å². The van der Waals surface area contributed by atoms with Crippen molar-refractivity contribution in [3.63, 3.8) is 0 Å². The summed E-state index contributed by atoms with van der Waals surface area (Å²) in [4.78, 5) is 35.1. The summed E-state index contributed by atoms with van der Waals surface area (Å²) in [5.74, 6) is -0.804. The van der Waals surface area contributed by atoms with Crippen LogP contribution in [0.5, 0.6) is 0 Å². The van der Waals surface area contributed by atoms with E-state index in [1.165, 1.54) is 225 Å². The normalized spacial score (nSPS) is 13.0. The number of hydrogen-bond donors (Lipinski definition) is 2. The molecule has 0 aromatic carbocycles. The fourth-order valence-corrected chi connectivity index (χ4v) is 8.99. The SMILES string of the molecule is CCCCCCCCCCCCCCCCCCCCCCCCCC(=O)OC[C@@H](COP(=O)(O)OCCN)OC(=O)CCCCCCCCCCCCCCCCCCCC. The third kappa shape index (κ3) is 48.5. The highest BCUT2D eigenvalue weighted by Crippen LogP contribution is 2.43. The highest BCUT2D eigenvalue weighted by molar-refractivity contribution is 7.47. The lowest BCUT2D eigenvalue weighted by atomic mass is 10.0. The van der Waals surface area contributed by atoms with Crippen molar-refractivity contribution in [3.8, 4) is 0 Å². The quantitative estimate of drug-likeness (QED) is 0.0347. The number of phosphoric acid groups is 1. The molecule has 0 radical (unpaired) electrons. The highest BCUT2D eigenvalue weighted by atomic mass is 31.2. The van der Waals surface area contributed by atoms with Gasteiger partial charge in [-0.1, -0.05) is 264 Å². The molecule has 370 valence electrons. The van der Waals surface area contributed by atoms with E-state index in [0.29, 0.717) is 6.42 Å². The predicted molar refractivity (Wildman–Crippen MR) is 262 cm³/mol. The number of carbonyl (C=O) groups is 2. The maximum atomic E-state index is 12.7. The first-order valence-electron chi connectivity index (χ1n) is 27.0. The van der Waals surface area contributed by atoms with E-state index >= 15 is 0 Å². The molecular weight excluding hydrogens is 798 g/mol. The van der Waals surface area contributed by atoms with Gasteiger partial charge in [0.25, 0.3) is 0 Å². The Labute approximate surface area is 384 Å². The second-order valence-corrected chi connectivity index (χ2v) is 19.9. The van der Waals surface area contributed by atoms with E-state index in [0.717, 1.165) is 32.1 Å². The number of ether oxygens (including phenoxy) is 2. The van der Waals surface area contributed by atoms with E-state index < -0.39 is 26.5 Å². The van der Waals surface area contributed by atoms with Gasteiger partial charge in [0, 0.05) is 19.4 Å². The van der Waals surface area contributed by atoms with Crippen molar-refractivity contribution in [2.75, 3.05) is 26.4 Å².